The molecule has 0 aliphatic carbocycles. The second-order valence-corrected chi connectivity index (χ2v) is 8.00. The number of nitrogens with zero attached hydrogens (tertiary/aromatic N) is 2. The number of carbonyl (C=O) groups excluding carboxylic acids is 1. The summed E-state index contributed by atoms with van der Waals surface area (Å²) in [5.41, 5.74) is 6.99. The molecule has 1 unspecified atom stereocenters. The standard InChI is InChI=1S/C17H18N4OS2.2ClH/c18-11-5-4-8-21(10-11)16(22)14-9-13-15(23-14)20-17(24-13)19-12-6-2-1-3-7-12;;/h1-3,6-7,9,11H,4-5,8,10,18H2,(H,19,20);2*1H. The second-order valence-electron chi connectivity index (χ2n) is 5.94. The van der Waals surface area contributed by atoms with Crippen molar-refractivity contribution in [1.29, 1.82) is 0 Å². The molecule has 140 valence electrons. The fraction of sp³-hybridized carbons (Fsp3) is 0.294. The average molecular weight is 431 g/mol. The summed E-state index contributed by atoms with van der Waals surface area (Å²) in [5.74, 6) is 0.0814. The van der Waals surface area contributed by atoms with Crippen molar-refractivity contribution >= 4 is 73.7 Å². The van der Waals surface area contributed by atoms with Gasteiger partial charge in [0, 0.05) is 24.8 Å². The van der Waals surface area contributed by atoms with Gasteiger partial charge in [-0.25, -0.2) is 4.98 Å². The minimum Gasteiger partial charge on any atom is -0.336 e. The number of aromatic nitrogens is 1. The van der Waals surface area contributed by atoms with Crippen molar-refractivity contribution in [3.8, 4) is 0 Å². The number of rotatable bonds is 3. The predicted molar refractivity (Wildman–Crippen MR) is 115 cm³/mol. The average Bonchev–Trinajstić information content (AvgIpc) is 3.13. The summed E-state index contributed by atoms with van der Waals surface area (Å²) in [4.78, 5) is 20.8. The van der Waals surface area contributed by atoms with E-state index in [0.717, 1.165) is 44.6 Å². The van der Waals surface area contributed by atoms with Gasteiger partial charge in [-0.15, -0.1) is 36.2 Å². The van der Waals surface area contributed by atoms with Gasteiger partial charge in [0.05, 0.1) is 9.58 Å². The Kier molecular flexibility index (Phi) is 7.25. The molecule has 2 aromatic heterocycles. The van der Waals surface area contributed by atoms with Crippen molar-refractivity contribution in [1.82, 2.24) is 9.88 Å². The lowest BCUT2D eigenvalue weighted by Crippen LogP contribution is -2.45. The van der Waals surface area contributed by atoms with Crippen LogP contribution in [-0.2, 0) is 0 Å². The molecule has 0 spiro atoms. The number of thiophene rings is 1. The second kappa shape index (κ2) is 9.01. The highest BCUT2D eigenvalue weighted by molar-refractivity contribution is 7.29. The largest absolute Gasteiger partial charge is 0.336 e. The summed E-state index contributed by atoms with van der Waals surface area (Å²) in [6.45, 7) is 1.45. The van der Waals surface area contributed by atoms with E-state index in [1.807, 2.05) is 41.3 Å². The highest BCUT2D eigenvalue weighted by Crippen LogP contribution is 2.34. The molecule has 0 bridgehead atoms. The molecule has 0 saturated carbocycles. The Morgan fingerprint density at radius 2 is 2.00 bits per heavy atom. The van der Waals surface area contributed by atoms with Gasteiger partial charge in [-0.2, -0.15) is 0 Å². The molecular formula is C17H20Cl2N4OS2. The summed E-state index contributed by atoms with van der Waals surface area (Å²) in [5, 5.41) is 4.15. The number of para-hydroxylation sites is 1. The first-order chi connectivity index (χ1) is 11.7. The van der Waals surface area contributed by atoms with Crippen LogP contribution in [0.15, 0.2) is 36.4 Å². The quantitative estimate of drug-likeness (QED) is 0.640. The van der Waals surface area contributed by atoms with E-state index in [1.54, 1.807) is 11.3 Å². The molecule has 1 atom stereocenters. The number of thiazole rings is 1. The number of piperidine rings is 1. The SMILES string of the molecule is Cl.Cl.NC1CCCN(C(=O)c2cc3sc(Nc4ccccc4)nc3s2)C1. The first-order valence-corrected chi connectivity index (χ1v) is 9.59. The van der Waals surface area contributed by atoms with Crippen molar-refractivity contribution in [2.75, 3.05) is 18.4 Å². The molecule has 1 aliphatic rings. The van der Waals surface area contributed by atoms with E-state index in [9.17, 15) is 4.79 Å². The van der Waals surface area contributed by atoms with E-state index < -0.39 is 0 Å². The van der Waals surface area contributed by atoms with Gasteiger partial charge in [0.15, 0.2) is 5.13 Å². The van der Waals surface area contributed by atoms with E-state index >= 15 is 0 Å². The number of benzene rings is 1. The van der Waals surface area contributed by atoms with Gasteiger partial charge in [0.2, 0.25) is 0 Å². The molecule has 1 saturated heterocycles. The number of nitrogens with two attached hydrogens (primary N) is 1. The number of halogens is 2. The van der Waals surface area contributed by atoms with E-state index in [2.05, 4.69) is 10.3 Å². The number of hydrogen-bond acceptors (Lipinski definition) is 6. The number of carbonyl (C=O) groups is 1. The molecule has 0 radical (unpaired) electrons. The van der Waals surface area contributed by atoms with Gasteiger partial charge in [-0.1, -0.05) is 29.5 Å². The number of amides is 1. The molecule has 1 aliphatic heterocycles. The molecule has 5 nitrogen and oxygen atoms in total. The third-order valence-corrected chi connectivity index (χ3v) is 6.13. The van der Waals surface area contributed by atoms with Gasteiger partial charge in [0.25, 0.3) is 5.91 Å². The summed E-state index contributed by atoms with van der Waals surface area (Å²) in [6.07, 6.45) is 1.98. The van der Waals surface area contributed by atoms with Crippen LogP contribution in [0.3, 0.4) is 0 Å². The summed E-state index contributed by atoms with van der Waals surface area (Å²) in [7, 11) is 0. The lowest BCUT2D eigenvalue weighted by molar-refractivity contribution is 0.0714. The van der Waals surface area contributed by atoms with Crippen LogP contribution in [0.5, 0.6) is 0 Å². The van der Waals surface area contributed by atoms with E-state index in [1.165, 1.54) is 11.3 Å². The highest BCUT2D eigenvalue weighted by atomic mass is 35.5. The van der Waals surface area contributed by atoms with Gasteiger partial charge >= 0.3 is 0 Å². The van der Waals surface area contributed by atoms with Gasteiger partial charge in [-0.3, -0.25) is 4.79 Å². The molecule has 9 heteroatoms. The number of hydrogen-bond donors (Lipinski definition) is 2. The molecule has 1 fully saturated rings. The molecular weight excluding hydrogens is 411 g/mol. The topological polar surface area (TPSA) is 71.2 Å². The van der Waals surface area contributed by atoms with Crippen LogP contribution in [0.25, 0.3) is 9.53 Å². The Morgan fingerprint density at radius 3 is 2.69 bits per heavy atom. The van der Waals surface area contributed by atoms with Crippen LogP contribution < -0.4 is 11.1 Å². The molecule has 3 heterocycles. The molecule has 3 N–H and O–H groups in total. The number of anilines is 2. The van der Waals surface area contributed by atoms with E-state index in [4.69, 9.17) is 5.73 Å². The minimum atomic E-state index is 0. The number of nitrogens with one attached hydrogen (secondary N) is 1. The summed E-state index contributed by atoms with van der Waals surface area (Å²) < 4.78 is 1.04. The summed E-state index contributed by atoms with van der Waals surface area (Å²) in [6, 6.07) is 12.0. The zero-order chi connectivity index (χ0) is 16.5. The van der Waals surface area contributed by atoms with Crippen molar-refractivity contribution in [3.63, 3.8) is 0 Å². The van der Waals surface area contributed by atoms with Gasteiger partial charge in [0.1, 0.15) is 4.83 Å². The van der Waals surface area contributed by atoms with Gasteiger partial charge < -0.3 is 16.0 Å². The van der Waals surface area contributed by atoms with Crippen molar-refractivity contribution in [3.05, 3.63) is 41.3 Å². The lowest BCUT2D eigenvalue weighted by Gasteiger charge is -2.30. The number of fused-ring (bicyclic) bond motifs is 1. The Balaban J connectivity index is 0.00000121. The Morgan fingerprint density at radius 1 is 1.23 bits per heavy atom. The summed E-state index contributed by atoms with van der Waals surface area (Å²) >= 11 is 3.03. The van der Waals surface area contributed by atoms with Gasteiger partial charge in [-0.05, 0) is 31.0 Å². The van der Waals surface area contributed by atoms with Crippen LogP contribution >= 0.6 is 47.5 Å². The third kappa shape index (κ3) is 4.47. The maximum Gasteiger partial charge on any atom is 0.264 e. The van der Waals surface area contributed by atoms with E-state index in [0.29, 0.717) is 6.54 Å². The Bertz CT molecular complexity index is 837. The van der Waals surface area contributed by atoms with Crippen LogP contribution in [-0.4, -0.2) is 34.9 Å². The van der Waals surface area contributed by atoms with E-state index in [-0.39, 0.29) is 36.8 Å². The smallest absolute Gasteiger partial charge is 0.264 e. The zero-order valence-electron chi connectivity index (χ0n) is 13.9. The van der Waals surface area contributed by atoms with Crippen LogP contribution in [0.1, 0.15) is 22.5 Å². The molecule has 26 heavy (non-hydrogen) atoms. The van der Waals surface area contributed by atoms with Crippen molar-refractivity contribution < 1.29 is 4.79 Å². The first-order valence-electron chi connectivity index (χ1n) is 7.96. The monoisotopic (exact) mass is 430 g/mol. The fourth-order valence-electron chi connectivity index (χ4n) is 2.89. The molecule has 1 amide bonds. The van der Waals surface area contributed by atoms with Crippen LogP contribution in [0.4, 0.5) is 10.8 Å². The maximum absolute atomic E-state index is 12.6. The lowest BCUT2D eigenvalue weighted by atomic mass is 10.1. The Hall–Kier alpha value is -1.38. The third-order valence-electron chi connectivity index (χ3n) is 4.07. The predicted octanol–water partition coefficient (Wildman–Crippen LogP) is 4.51. The zero-order valence-corrected chi connectivity index (χ0v) is 17.1. The number of likely N-dealkylation sites (tertiary alicyclic amines) is 1. The van der Waals surface area contributed by atoms with Crippen molar-refractivity contribution in [2.24, 2.45) is 5.73 Å². The van der Waals surface area contributed by atoms with Crippen molar-refractivity contribution in [2.45, 2.75) is 18.9 Å². The molecule has 1 aromatic carbocycles. The van der Waals surface area contributed by atoms with Crippen LogP contribution in [0, 0.1) is 0 Å². The highest BCUT2D eigenvalue weighted by Gasteiger charge is 2.24. The minimum absolute atomic E-state index is 0. The molecule has 4 rings (SSSR count). The Labute approximate surface area is 172 Å². The fourth-order valence-corrected chi connectivity index (χ4v) is 4.99. The normalized spacial score (nSPS) is 16.7. The first kappa shape index (κ1) is 20.9. The molecule has 3 aromatic rings. The maximum atomic E-state index is 12.6. The van der Waals surface area contributed by atoms with Crippen LogP contribution in [0.2, 0.25) is 0 Å².